The number of guanidine groups is 1. The third kappa shape index (κ3) is 5.43. The molecule has 0 spiro atoms. The second-order valence-corrected chi connectivity index (χ2v) is 5.17. The summed E-state index contributed by atoms with van der Waals surface area (Å²) in [5.41, 5.74) is 2.71. The summed E-state index contributed by atoms with van der Waals surface area (Å²) in [6.45, 7) is 8.57. The zero-order valence-corrected chi connectivity index (χ0v) is 16.0. The van der Waals surface area contributed by atoms with Gasteiger partial charge in [-0.3, -0.25) is 4.99 Å². The Morgan fingerprint density at radius 2 is 2.09 bits per heavy atom. The molecule has 0 aromatic heterocycles. The first-order chi connectivity index (χ1) is 10.4. The highest BCUT2D eigenvalue weighted by Crippen LogP contribution is 2.27. The molecule has 1 aliphatic heterocycles. The van der Waals surface area contributed by atoms with Crippen LogP contribution in [0.1, 0.15) is 32.3 Å². The predicted octanol–water partition coefficient (Wildman–Crippen LogP) is 3.45. The van der Waals surface area contributed by atoms with Gasteiger partial charge in [0.1, 0.15) is 0 Å². The fraction of sp³-hybridized carbons (Fsp3) is 0.588. The van der Waals surface area contributed by atoms with Gasteiger partial charge in [0.15, 0.2) is 5.96 Å². The molecule has 0 atom stereocenters. The topological polar surface area (TPSA) is 36.9 Å². The number of aliphatic imine (C=N–C) groups is 1. The Bertz CT molecular complexity index is 465. The van der Waals surface area contributed by atoms with Crippen molar-refractivity contribution in [3.05, 3.63) is 29.8 Å². The predicted molar refractivity (Wildman–Crippen MR) is 105 cm³/mol. The number of hydrogen-bond acceptors (Lipinski definition) is 2. The molecule has 0 unspecified atom stereocenters. The third-order valence-electron chi connectivity index (χ3n) is 3.64. The Morgan fingerprint density at radius 3 is 2.86 bits per heavy atom. The van der Waals surface area contributed by atoms with Crippen LogP contribution in [0.5, 0.6) is 0 Å². The van der Waals surface area contributed by atoms with Crippen LogP contribution >= 0.6 is 24.0 Å². The Labute approximate surface area is 151 Å². The molecule has 0 saturated carbocycles. The maximum atomic E-state index is 5.36. The van der Waals surface area contributed by atoms with Crippen molar-refractivity contribution in [3.8, 4) is 0 Å². The van der Waals surface area contributed by atoms with Crippen LogP contribution in [-0.4, -0.2) is 38.8 Å². The zero-order chi connectivity index (χ0) is 14.9. The van der Waals surface area contributed by atoms with Gasteiger partial charge in [-0.15, -0.1) is 24.0 Å². The maximum absolute atomic E-state index is 5.36. The summed E-state index contributed by atoms with van der Waals surface area (Å²) in [5.74, 6) is 1.01. The van der Waals surface area contributed by atoms with Crippen molar-refractivity contribution < 1.29 is 4.74 Å². The minimum atomic E-state index is 0. The highest BCUT2D eigenvalue weighted by Gasteiger charge is 2.21. The van der Waals surface area contributed by atoms with Crippen LogP contribution in [0.3, 0.4) is 0 Å². The SMILES string of the molecule is CCNC(=NCCCCOCC)N1CCc2ccccc21.I. The van der Waals surface area contributed by atoms with Crippen LogP contribution < -0.4 is 10.2 Å². The molecular weight excluding hydrogens is 389 g/mol. The third-order valence-corrected chi connectivity index (χ3v) is 3.64. The number of halogens is 1. The summed E-state index contributed by atoms with van der Waals surface area (Å²) >= 11 is 0. The van der Waals surface area contributed by atoms with E-state index >= 15 is 0 Å². The van der Waals surface area contributed by atoms with Crippen LogP contribution in [0.2, 0.25) is 0 Å². The molecular formula is C17H28IN3O. The Balaban J connectivity index is 0.00000242. The molecule has 4 nitrogen and oxygen atoms in total. The number of hydrogen-bond donors (Lipinski definition) is 1. The van der Waals surface area contributed by atoms with E-state index in [1.165, 1.54) is 11.3 Å². The molecule has 1 N–H and O–H groups in total. The van der Waals surface area contributed by atoms with Crippen molar-refractivity contribution in [3.63, 3.8) is 0 Å². The lowest BCUT2D eigenvalue weighted by atomic mass is 10.2. The monoisotopic (exact) mass is 417 g/mol. The van der Waals surface area contributed by atoms with Gasteiger partial charge in [-0.25, -0.2) is 0 Å². The number of unbranched alkanes of at least 4 members (excludes halogenated alkanes) is 1. The number of fused-ring (bicyclic) bond motifs is 1. The molecule has 0 saturated heterocycles. The average molecular weight is 417 g/mol. The molecule has 1 aromatic carbocycles. The van der Waals surface area contributed by atoms with Gasteiger partial charge in [0.05, 0.1) is 0 Å². The van der Waals surface area contributed by atoms with Crippen LogP contribution in [0.4, 0.5) is 5.69 Å². The van der Waals surface area contributed by atoms with E-state index in [0.717, 1.165) is 58.1 Å². The first-order valence-electron chi connectivity index (χ1n) is 8.08. The molecule has 22 heavy (non-hydrogen) atoms. The summed E-state index contributed by atoms with van der Waals surface area (Å²) in [6.07, 6.45) is 3.25. The zero-order valence-electron chi connectivity index (χ0n) is 13.7. The van der Waals surface area contributed by atoms with Crippen molar-refractivity contribution in [2.45, 2.75) is 33.1 Å². The second kappa shape index (κ2) is 10.8. The molecule has 0 amide bonds. The Morgan fingerprint density at radius 1 is 1.27 bits per heavy atom. The van der Waals surface area contributed by atoms with Crippen molar-refractivity contribution in [2.75, 3.05) is 37.7 Å². The van der Waals surface area contributed by atoms with Crippen LogP contribution in [-0.2, 0) is 11.2 Å². The van der Waals surface area contributed by atoms with Crippen molar-refractivity contribution in [1.29, 1.82) is 0 Å². The van der Waals surface area contributed by atoms with Crippen LogP contribution in [0.15, 0.2) is 29.3 Å². The Hall–Kier alpha value is -0.820. The van der Waals surface area contributed by atoms with Crippen LogP contribution in [0.25, 0.3) is 0 Å². The first kappa shape index (κ1) is 19.2. The van der Waals surface area contributed by atoms with Gasteiger partial charge in [-0.2, -0.15) is 0 Å². The fourth-order valence-corrected chi connectivity index (χ4v) is 2.60. The standard InChI is InChI=1S/C17H27N3O.HI/c1-3-18-17(19-12-7-8-14-21-4-2)20-13-11-15-9-5-6-10-16(15)20;/h5-6,9-10H,3-4,7-8,11-14H2,1-2H3,(H,18,19);1H. The van der Waals surface area contributed by atoms with Gasteiger partial charge in [-0.1, -0.05) is 18.2 Å². The van der Waals surface area contributed by atoms with Crippen molar-refractivity contribution in [2.24, 2.45) is 4.99 Å². The molecule has 0 bridgehead atoms. The normalized spacial score (nSPS) is 13.7. The first-order valence-corrected chi connectivity index (χ1v) is 8.08. The number of rotatable bonds is 7. The van der Waals surface area contributed by atoms with Crippen LogP contribution in [0, 0.1) is 0 Å². The van der Waals surface area contributed by atoms with E-state index in [4.69, 9.17) is 9.73 Å². The molecule has 0 aliphatic carbocycles. The molecule has 1 aromatic rings. The van der Waals surface area contributed by atoms with Crippen molar-refractivity contribution in [1.82, 2.24) is 5.32 Å². The average Bonchev–Trinajstić information content (AvgIpc) is 2.93. The van der Waals surface area contributed by atoms with E-state index in [0.29, 0.717) is 0 Å². The van der Waals surface area contributed by atoms with Gasteiger partial charge in [0, 0.05) is 38.5 Å². The lowest BCUT2D eigenvalue weighted by molar-refractivity contribution is 0.144. The summed E-state index contributed by atoms with van der Waals surface area (Å²) in [5, 5.41) is 3.41. The van der Waals surface area contributed by atoms with E-state index in [2.05, 4.69) is 41.4 Å². The molecule has 124 valence electrons. The highest BCUT2D eigenvalue weighted by molar-refractivity contribution is 14.0. The van der Waals surface area contributed by atoms with Gasteiger partial charge in [0.2, 0.25) is 0 Å². The molecule has 1 heterocycles. The summed E-state index contributed by atoms with van der Waals surface area (Å²) in [7, 11) is 0. The largest absolute Gasteiger partial charge is 0.382 e. The number of nitrogens with zero attached hydrogens (tertiary/aromatic N) is 2. The highest BCUT2D eigenvalue weighted by atomic mass is 127. The van der Waals surface area contributed by atoms with E-state index in [1.54, 1.807) is 0 Å². The lowest BCUT2D eigenvalue weighted by Crippen LogP contribution is -2.40. The summed E-state index contributed by atoms with van der Waals surface area (Å²) in [6, 6.07) is 8.61. The quantitative estimate of drug-likeness (QED) is 0.320. The molecule has 0 radical (unpaired) electrons. The second-order valence-electron chi connectivity index (χ2n) is 5.17. The summed E-state index contributed by atoms with van der Waals surface area (Å²) in [4.78, 5) is 7.07. The van der Waals surface area contributed by atoms with Gasteiger partial charge >= 0.3 is 0 Å². The number of ether oxygens (including phenoxy) is 1. The molecule has 1 aliphatic rings. The molecule has 0 fully saturated rings. The molecule has 2 rings (SSSR count). The fourth-order valence-electron chi connectivity index (χ4n) is 2.60. The maximum Gasteiger partial charge on any atom is 0.198 e. The Kier molecular flexibility index (Phi) is 9.47. The lowest BCUT2D eigenvalue weighted by Gasteiger charge is -2.22. The number of nitrogens with one attached hydrogen (secondary N) is 1. The minimum Gasteiger partial charge on any atom is -0.382 e. The van der Waals surface area contributed by atoms with E-state index in [1.807, 2.05) is 6.92 Å². The van der Waals surface area contributed by atoms with E-state index in [-0.39, 0.29) is 24.0 Å². The van der Waals surface area contributed by atoms with Gasteiger partial charge in [0.25, 0.3) is 0 Å². The van der Waals surface area contributed by atoms with E-state index in [9.17, 15) is 0 Å². The van der Waals surface area contributed by atoms with Gasteiger partial charge < -0.3 is 15.0 Å². The van der Waals surface area contributed by atoms with Gasteiger partial charge in [-0.05, 0) is 44.7 Å². The summed E-state index contributed by atoms with van der Waals surface area (Å²) < 4.78 is 5.36. The number of anilines is 1. The number of para-hydroxylation sites is 1. The smallest absolute Gasteiger partial charge is 0.198 e. The van der Waals surface area contributed by atoms with Crippen molar-refractivity contribution >= 4 is 35.6 Å². The number of benzene rings is 1. The van der Waals surface area contributed by atoms with E-state index < -0.39 is 0 Å². The molecule has 5 heteroatoms. The minimum absolute atomic E-state index is 0.